The minimum atomic E-state index is -1.03. The molecule has 186 valence electrons. The number of hydrogen-bond acceptors (Lipinski definition) is 6. The molecule has 8 nitrogen and oxygen atoms in total. The molecule has 0 radical (unpaired) electrons. The molecule has 2 heterocycles. The standard InChI is InChI=1S/C26H28N2O6.CH4/c1-17-22(27-18(2)34-17)14-15-32-21-10-8-20(9-11-21)23-12-13-24(25(29)30)28(23)26(31)33-16-19-6-4-3-5-7-19;/h3-11,23-24H,12-16H2,1-2H3,(H,29,30);1H4/t23-,24-;/m1./s1. The predicted molar refractivity (Wildman–Crippen MR) is 130 cm³/mol. The van der Waals surface area contributed by atoms with Crippen LogP contribution in [0, 0.1) is 13.8 Å². The normalized spacial score (nSPS) is 17.0. The molecule has 1 saturated heterocycles. The van der Waals surface area contributed by atoms with Crippen molar-refractivity contribution >= 4 is 12.1 Å². The van der Waals surface area contributed by atoms with Crippen molar-refractivity contribution in [2.75, 3.05) is 6.61 Å². The Kier molecular flexibility index (Phi) is 8.52. The Balaban J connectivity index is 0.00000342. The molecule has 0 spiro atoms. The number of likely N-dealkylation sites (tertiary alicyclic amines) is 1. The van der Waals surface area contributed by atoms with Gasteiger partial charge in [-0.3, -0.25) is 4.90 Å². The zero-order valence-electron chi connectivity index (χ0n) is 19.3. The topological polar surface area (TPSA) is 102 Å². The minimum Gasteiger partial charge on any atom is -0.493 e. The van der Waals surface area contributed by atoms with Crippen molar-refractivity contribution in [3.8, 4) is 5.75 Å². The van der Waals surface area contributed by atoms with Gasteiger partial charge in [-0.05, 0) is 43.0 Å². The molecule has 1 aromatic heterocycles. The molecule has 2 atom stereocenters. The van der Waals surface area contributed by atoms with Gasteiger partial charge < -0.3 is 19.0 Å². The van der Waals surface area contributed by atoms with Crippen molar-refractivity contribution in [1.82, 2.24) is 9.88 Å². The number of nitrogens with zero attached hydrogens (tertiary/aromatic N) is 2. The fourth-order valence-electron chi connectivity index (χ4n) is 4.28. The second-order valence-electron chi connectivity index (χ2n) is 8.30. The van der Waals surface area contributed by atoms with Crippen LogP contribution in [0.5, 0.6) is 5.75 Å². The summed E-state index contributed by atoms with van der Waals surface area (Å²) >= 11 is 0. The van der Waals surface area contributed by atoms with Crippen LogP contribution in [0.3, 0.4) is 0 Å². The first kappa shape index (κ1) is 25.8. The van der Waals surface area contributed by atoms with Crippen molar-refractivity contribution in [1.29, 1.82) is 0 Å². The number of rotatable bonds is 8. The van der Waals surface area contributed by atoms with Crippen molar-refractivity contribution < 1.29 is 28.6 Å². The molecule has 0 unspecified atom stereocenters. The lowest BCUT2D eigenvalue weighted by Crippen LogP contribution is -2.42. The van der Waals surface area contributed by atoms with Gasteiger partial charge in [0.15, 0.2) is 5.89 Å². The first-order valence-corrected chi connectivity index (χ1v) is 11.3. The van der Waals surface area contributed by atoms with E-state index in [1.807, 2.05) is 68.4 Å². The summed E-state index contributed by atoms with van der Waals surface area (Å²) in [5.41, 5.74) is 2.57. The lowest BCUT2D eigenvalue weighted by Gasteiger charge is -2.28. The number of hydrogen-bond donors (Lipinski definition) is 1. The minimum absolute atomic E-state index is 0. The van der Waals surface area contributed by atoms with E-state index in [4.69, 9.17) is 13.9 Å². The van der Waals surface area contributed by atoms with E-state index in [1.54, 1.807) is 0 Å². The molecule has 0 bridgehead atoms. The van der Waals surface area contributed by atoms with Crippen molar-refractivity contribution in [3.63, 3.8) is 0 Å². The first-order chi connectivity index (χ1) is 16.4. The van der Waals surface area contributed by atoms with Gasteiger partial charge in [0, 0.05) is 13.3 Å². The number of benzene rings is 2. The van der Waals surface area contributed by atoms with Crippen LogP contribution in [-0.2, 0) is 22.6 Å². The predicted octanol–water partition coefficient (Wildman–Crippen LogP) is 5.48. The average Bonchev–Trinajstić information content (AvgIpc) is 3.42. The Morgan fingerprint density at radius 3 is 2.43 bits per heavy atom. The molecule has 1 aliphatic rings. The highest BCUT2D eigenvalue weighted by molar-refractivity contribution is 5.81. The summed E-state index contributed by atoms with van der Waals surface area (Å²) in [5.74, 6) is 1.09. The van der Waals surface area contributed by atoms with Crippen LogP contribution in [0.15, 0.2) is 59.0 Å². The van der Waals surface area contributed by atoms with Crippen LogP contribution in [-0.4, -0.2) is 39.7 Å². The lowest BCUT2D eigenvalue weighted by atomic mass is 10.0. The average molecular weight is 481 g/mol. The summed E-state index contributed by atoms with van der Waals surface area (Å²) in [6.07, 6.45) is 0.921. The molecule has 0 saturated carbocycles. The Hall–Kier alpha value is -3.81. The van der Waals surface area contributed by atoms with Crippen LogP contribution in [0.4, 0.5) is 4.79 Å². The summed E-state index contributed by atoms with van der Waals surface area (Å²) < 4.78 is 16.7. The molecule has 1 aliphatic heterocycles. The number of aromatic nitrogens is 1. The number of aryl methyl sites for hydroxylation is 2. The Morgan fingerprint density at radius 2 is 1.80 bits per heavy atom. The van der Waals surface area contributed by atoms with E-state index in [2.05, 4.69) is 4.98 Å². The van der Waals surface area contributed by atoms with E-state index in [-0.39, 0.29) is 20.1 Å². The molecular formula is C27H32N2O6. The number of oxazole rings is 1. The number of amides is 1. The molecule has 4 rings (SSSR count). The third kappa shape index (κ3) is 6.20. The Labute approximate surface area is 205 Å². The Bertz CT molecular complexity index is 1130. The van der Waals surface area contributed by atoms with Crippen LogP contribution < -0.4 is 4.74 Å². The monoisotopic (exact) mass is 480 g/mol. The number of ether oxygens (including phenoxy) is 2. The number of aliphatic carboxylic acids is 1. The van der Waals surface area contributed by atoms with Gasteiger partial charge in [0.2, 0.25) is 0 Å². The highest BCUT2D eigenvalue weighted by atomic mass is 16.6. The second-order valence-corrected chi connectivity index (χ2v) is 8.30. The van der Waals surface area contributed by atoms with Crippen molar-refractivity contribution in [3.05, 3.63) is 83.1 Å². The molecule has 1 fully saturated rings. The Morgan fingerprint density at radius 1 is 1.09 bits per heavy atom. The van der Waals surface area contributed by atoms with E-state index < -0.39 is 18.1 Å². The molecule has 1 N–H and O–H groups in total. The van der Waals surface area contributed by atoms with E-state index in [0.29, 0.717) is 37.5 Å². The summed E-state index contributed by atoms with van der Waals surface area (Å²) in [6, 6.07) is 15.4. The van der Waals surface area contributed by atoms with Gasteiger partial charge >= 0.3 is 12.1 Å². The summed E-state index contributed by atoms with van der Waals surface area (Å²) in [5, 5.41) is 9.66. The van der Waals surface area contributed by atoms with Gasteiger partial charge in [0.05, 0.1) is 18.3 Å². The van der Waals surface area contributed by atoms with Gasteiger partial charge in [-0.25, -0.2) is 14.6 Å². The molecular weight excluding hydrogens is 448 g/mol. The molecule has 2 aromatic carbocycles. The SMILES string of the molecule is C.Cc1nc(CCOc2ccc([C@H]3CC[C@H](C(=O)O)N3C(=O)OCc3ccccc3)cc2)c(C)o1. The summed E-state index contributed by atoms with van der Waals surface area (Å²) in [6.45, 7) is 4.24. The maximum Gasteiger partial charge on any atom is 0.411 e. The quantitative estimate of drug-likeness (QED) is 0.456. The van der Waals surface area contributed by atoms with E-state index in [0.717, 1.165) is 22.6 Å². The van der Waals surface area contributed by atoms with E-state index >= 15 is 0 Å². The zero-order valence-corrected chi connectivity index (χ0v) is 19.3. The fraction of sp³-hybridized carbons (Fsp3) is 0.370. The van der Waals surface area contributed by atoms with E-state index in [1.165, 1.54) is 4.90 Å². The third-order valence-corrected chi connectivity index (χ3v) is 5.96. The molecule has 1 amide bonds. The molecule has 8 heteroatoms. The van der Waals surface area contributed by atoms with Crippen molar-refractivity contribution in [2.45, 2.75) is 59.2 Å². The van der Waals surface area contributed by atoms with Gasteiger partial charge in [-0.2, -0.15) is 0 Å². The van der Waals surface area contributed by atoms with Gasteiger partial charge in [-0.15, -0.1) is 0 Å². The van der Waals surface area contributed by atoms with Gasteiger partial charge in [0.1, 0.15) is 24.2 Å². The van der Waals surface area contributed by atoms with Crippen molar-refractivity contribution in [2.24, 2.45) is 0 Å². The van der Waals surface area contributed by atoms with Crippen LogP contribution in [0.1, 0.15) is 54.8 Å². The molecule has 35 heavy (non-hydrogen) atoms. The maximum atomic E-state index is 12.9. The van der Waals surface area contributed by atoms with Crippen LogP contribution in [0.25, 0.3) is 0 Å². The zero-order chi connectivity index (χ0) is 24.1. The highest BCUT2D eigenvalue weighted by Gasteiger charge is 2.42. The molecule has 3 aromatic rings. The largest absolute Gasteiger partial charge is 0.493 e. The van der Waals surface area contributed by atoms with Crippen LogP contribution >= 0.6 is 0 Å². The summed E-state index contributed by atoms with van der Waals surface area (Å²) in [4.78, 5) is 30.4. The second kappa shape index (κ2) is 11.6. The first-order valence-electron chi connectivity index (χ1n) is 11.3. The smallest absolute Gasteiger partial charge is 0.411 e. The van der Waals surface area contributed by atoms with Gasteiger partial charge in [-0.1, -0.05) is 49.9 Å². The maximum absolute atomic E-state index is 12.9. The fourth-order valence-corrected chi connectivity index (χ4v) is 4.28. The number of carbonyl (C=O) groups excluding carboxylic acids is 1. The number of carboxylic acid groups (broad SMARTS) is 1. The lowest BCUT2D eigenvalue weighted by molar-refractivity contribution is -0.142. The molecule has 0 aliphatic carbocycles. The number of carboxylic acids is 1. The number of carbonyl (C=O) groups is 2. The third-order valence-electron chi connectivity index (χ3n) is 5.96. The highest BCUT2D eigenvalue weighted by Crippen LogP contribution is 2.37. The summed E-state index contributed by atoms with van der Waals surface area (Å²) in [7, 11) is 0. The van der Waals surface area contributed by atoms with E-state index in [9.17, 15) is 14.7 Å². The van der Waals surface area contributed by atoms with Crippen LogP contribution in [0.2, 0.25) is 0 Å². The van der Waals surface area contributed by atoms with Gasteiger partial charge in [0.25, 0.3) is 0 Å².